The van der Waals surface area contributed by atoms with Crippen molar-refractivity contribution in [3.05, 3.63) is 53.6 Å². The van der Waals surface area contributed by atoms with Crippen molar-refractivity contribution in [3.63, 3.8) is 0 Å². The number of para-hydroxylation sites is 2. The largest absolute Gasteiger partial charge is 0.504 e. The van der Waals surface area contributed by atoms with Crippen LogP contribution < -0.4 is 4.74 Å². The number of phenols is 1. The van der Waals surface area contributed by atoms with E-state index in [4.69, 9.17) is 4.74 Å². The van der Waals surface area contributed by atoms with Gasteiger partial charge in [-0.05, 0) is 36.6 Å². The third kappa shape index (κ3) is 2.65. The lowest BCUT2D eigenvalue weighted by atomic mass is 10.00. The highest BCUT2D eigenvalue weighted by Gasteiger charge is 2.10. The van der Waals surface area contributed by atoms with Gasteiger partial charge in [-0.15, -0.1) is 0 Å². The molecule has 2 aromatic carbocycles. The maximum atomic E-state index is 9.73. The van der Waals surface area contributed by atoms with Crippen LogP contribution in [0.25, 0.3) is 0 Å². The summed E-state index contributed by atoms with van der Waals surface area (Å²) in [6, 6.07) is 13.1. The fourth-order valence-corrected chi connectivity index (χ4v) is 1.87. The minimum absolute atomic E-state index is 0.160. The highest BCUT2D eigenvalue weighted by Crippen LogP contribution is 2.35. The van der Waals surface area contributed by atoms with Crippen LogP contribution in [0, 0.1) is 6.92 Å². The number of benzene rings is 2. The van der Waals surface area contributed by atoms with Crippen LogP contribution in [-0.4, -0.2) is 5.11 Å². The number of aryl methyl sites for hydroxylation is 1. The molecule has 18 heavy (non-hydrogen) atoms. The molecular formula is C16H18O2. The molecule has 2 nitrogen and oxygen atoms in total. The van der Waals surface area contributed by atoms with E-state index in [1.165, 1.54) is 5.56 Å². The smallest absolute Gasteiger partial charge is 0.169 e. The van der Waals surface area contributed by atoms with E-state index in [2.05, 4.69) is 26.8 Å². The second-order valence-electron chi connectivity index (χ2n) is 4.77. The molecule has 0 aliphatic carbocycles. The van der Waals surface area contributed by atoms with Crippen molar-refractivity contribution < 1.29 is 9.84 Å². The van der Waals surface area contributed by atoms with E-state index < -0.39 is 0 Å². The Morgan fingerprint density at radius 1 is 1.00 bits per heavy atom. The molecule has 0 bridgehead atoms. The van der Waals surface area contributed by atoms with Crippen molar-refractivity contribution in [2.24, 2.45) is 0 Å². The number of aromatic hydroxyl groups is 1. The number of hydrogen-bond acceptors (Lipinski definition) is 2. The molecule has 2 rings (SSSR count). The summed E-state index contributed by atoms with van der Waals surface area (Å²) < 4.78 is 5.81. The molecule has 0 saturated carbocycles. The predicted molar refractivity (Wildman–Crippen MR) is 73.4 cm³/mol. The van der Waals surface area contributed by atoms with Crippen molar-refractivity contribution in [1.29, 1.82) is 0 Å². The lowest BCUT2D eigenvalue weighted by molar-refractivity contribution is 0.408. The van der Waals surface area contributed by atoms with Crippen LogP contribution in [0.4, 0.5) is 0 Å². The summed E-state index contributed by atoms with van der Waals surface area (Å²) in [6.07, 6.45) is 0. The molecule has 2 aromatic rings. The number of ether oxygens (including phenoxy) is 1. The second kappa shape index (κ2) is 5.13. The highest BCUT2D eigenvalue weighted by atomic mass is 16.5. The van der Waals surface area contributed by atoms with Crippen LogP contribution in [0.2, 0.25) is 0 Å². The standard InChI is InChI=1S/C16H18O2/c1-11(2)13-10-12(3)8-9-15(13)18-16-7-5-4-6-14(16)17/h4-11,17H,1-3H3. The molecule has 94 valence electrons. The summed E-state index contributed by atoms with van der Waals surface area (Å²) in [5, 5.41) is 9.73. The van der Waals surface area contributed by atoms with Gasteiger partial charge in [-0.25, -0.2) is 0 Å². The molecule has 0 aliphatic heterocycles. The topological polar surface area (TPSA) is 29.5 Å². The molecule has 0 unspecified atom stereocenters. The maximum Gasteiger partial charge on any atom is 0.169 e. The normalized spacial score (nSPS) is 10.7. The quantitative estimate of drug-likeness (QED) is 0.851. The van der Waals surface area contributed by atoms with E-state index in [-0.39, 0.29) is 5.75 Å². The van der Waals surface area contributed by atoms with Crippen LogP contribution >= 0.6 is 0 Å². The molecule has 0 saturated heterocycles. The van der Waals surface area contributed by atoms with Gasteiger partial charge in [0.1, 0.15) is 5.75 Å². The van der Waals surface area contributed by atoms with E-state index in [9.17, 15) is 5.11 Å². The van der Waals surface area contributed by atoms with Gasteiger partial charge < -0.3 is 9.84 Å². The minimum Gasteiger partial charge on any atom is -0.504 e. The van der Waals surface area contributed by atoms with Gasteiger partial charge in [0.25, 0.3) is 0 Å². The predicted octanol–water partition coefficient (Wildman–Crippen LogP) is 4.62. The summed E-state index contributed by atoms with van der Waals surface area (Å²) in [5.41, 5.74) is 2.36. The molecule has 0 aliphatic rings. The first-order valence-electron chi connectivity index (χ1n) is 6.14. The Kier molecular flexibility index (Phi) is 3.56. The third-order valence-electron chi connectivity index (χ3n) is 2.87. The summed E-state index contributed by atoms with van der Waals surface area (Å²) in [6.45, 7) is 6.33. The van der Waals surface area contributed by atoms with E-state index in [0.717, 1.165) is 11.3 Å². The lowest BCUT2D eigenvalue weighted by Crippen LogP contribution is -1.95. The maximum absolute atomic E-state index is 9.73. The van der Waals surface area contributed by atoms with Crippen molar-refractivity contribution in [2.45, 2.75) is 26.7 Å². The fraction of sp³-hybridized carbons (Fsp3) is 0.250. The van der Waals surface area contributed by atoms with Crippen LogP contribution in [-0.2, 0) is 0 Å². The van der Waals surface area contributed by atoms with Gasteiger partial charge >= 0.3 is 0 Å². The SMILES string of the molecule is Cc1ccc(Oc2ccccc2O)c(C(C)C)c1. The molecule has 0 heterocycles. The average Bonchev–Trinajstić information content (AvgIpc) is 2.34. The molecule has 0 amide bonds. The second-order valence-corrected chi connectivity index (χ2v) is 4.77. The van der Waals surface area contributed by atoms with Gasteiger partial charge in [-0.1, -0.05) is 43.7 Å². The molecule has 0 radical (unpaired) electrons. The fourth-order valence-electron chi connectivity index (χ4n) is 1.87. The van der Waals surface area contributed by atoms with Gasteiger partial charge in [-0.3, -0.25) is 0 Å². The zero-order valence-electron chi connectivity index (χ0n) is 11.0. The zero-order valence-corrected chi connectivity index (χ0v) is 11.0. The van der Waals surface area contributed by atoms with E-state index in [1.54, 1.807) is 18.2 Å². The first kappa shape index (κ1) is 12.5. The summed E-state index contributed by atoms with van der Waals surface area (Å²) in [7, 11) is 0. The van der Waals surface area contributed by atoms with Crippen molar-refractivity contribution in [2.75, 3.05) is 0 Å². The molecule has 1 N–H and O–H groups in total. The van der Waals surface area contributed by atoms with Crippen molar-refractivity contribution in [1.82, 2.24) is 0 Å². The van der Waals surface area contributed by atoms with Gasteiger partial charge in [0.05, 0.1) is 0 Å². The average molecular weight is 242 g/mol. The van der Waals surface area contributed by atoms with Crippen LogP contribution in [0.3, 0.4) is 0 Å². The first-order valence-corrected chi connectivity index (χ1v) is 6.14. The number of phenolic OH excluding ortho intramolecular Hbond substituents is 1. The lowest BCUT2D eigenvalue weighted by Gasteiger charge is -2.15. The Labute approximate surface area is 108 Å². The van der Waals surface area contributed by atoms with Crippen LogP contribution in [0.15, 0.2) is 42.5 Å². The van der Waals surface area contributed by atoms with Crippen LogP contribution in [0.1, 0.15) is 30.9 Å². The molecule has 0 aromatic heterocycles. The number of rotatable bonds is 3. The molecule has 0 atom stereocenters. The monoisotopic (exact) mass is 242 g/mol. The Morgan fingerprint density at radius 3 is 2.39 bits per heavy atom. The Morgan fingerprint density at radius 2 is 1.72 bits per heavy atom. The molecule has 0 spiro atoms. The Hall–Kier alpha value is -1.96. The Balaban J connectivity index is 2.37. The number of hydrogen-bond donors (Lipinski definition) is 1. The first-order chi connectivity index (χ1) is 8.58. The third-order valence-corrected chi connectivity index (χ3v) is 2.87. The van der Waals surface area contributed by atoms with E-state index >= 15 is 0 Å². The molecule has 0 fully saturated rings. The summed E-state index contributed by atoms with van der Waals surface area (Å²) >= 11 is 0. The summed E-state index contributed by atoms with van der Waals surface area (Å²) in [5.74, 6) is 1.83. The minimum atomic E-state index is 0.160. The van der Waals surface area contributed by atoms with Gasteiger partial charge in [0.15, 0.2) is 11.5 Å². The van der Waals surface area contributed by atoms with E-state index in [0.29, 0.717) is 11.7 Å². The van der Waals surface area contributed by atoms with E-state index in [1.807, 2.05) is 18.2 Å². The molecular weight excluding hydrogens is 224 g/mol. The summed E-state index contributed by atoms with van der Waals surface area (Å²) in [4.78, 5) is 0. The van der Waals surface area contributed by atoms with Gasteiger partial charge in [0.2, 0.25) is 0 Å². The van der Waals surface area contributed by atoms with Gasteiger partial charge in [-0.2, -0.15) is 0 Å². The zero-order chi connectivity index (χ0) is 13.1. The van der Waals surface area contributed by atoms with Crippen LogP contribution in [0.5, 0.6) is 17.2 Å². The molecule has 2 heteroatoms. The van der Waals surface area contributed by atoms with Crippen molar-refractivity contribution >= 4 is 0 Å². The van der Waals surface area contributed by atoms with Gasteiger partial charge in [0, 0.05) is 0 Å². The van der Waals surface area contributed by atoms with Crippen molar-refractivity contribution in [3.8, 4) is 17.2 Å². The highest BCUT2D eigenvalue weighted by molar-refractivity contribution is 5.45. The Bertz CT molecular complexity index is 545.